The van der Waals surface area contributed by atoms with Gasteiger partial charge >= 0.3 is 11.9 Å². The highest BCUT2D eigenvalue weighted by molar-refractivity contribution is 5.94. The molecule has 9 N–H and O–H groups in total. The third-order valence-electron chi connectivity index (χ3n) is 4.66. The molecule has 0 saturated heterocycles. The standard InChI is InChI=1S/C20H37N5O7/c1-11(2)10-15(20(31)32)25-19(30)14(7-8-16(26)27)24-17(28)12(3)23-18(29)13(22)6-4-5-9-21/h11-15H,4-10,21-22H2,1-3H3,(H,23,29)(H,24,28)(H,25,30)(H,26,27)(H,31,32). The summed E-state index contributed by atoms with van der Waals surface area (Å²) in [5, 5.41) is 25.4. The molecule has 0 fully saturated rings. The fourth-order valence-electron chi connectivity index (χ4n) is 2.82. The van der Waals surface area contributed by atoms with Gasteiger partial charge < -0.3 is 37.6 Å². The predicted octanol–water partition coefficient (Wildman–Crippen LogP) is -1.09. The zero-order valence-corrected chi connectivity index (χ0v) is 18.9. The summed E-state index contributed by atoms with van der Waals surface area (Å²) >= 11 is 0. The quantitative estimate of drug-likeness (QED) is 0.139. The molecule has 0 bridgehead atoms. The molecule has 0 heterocycles. The molecule has 3 amide bonds. The maximum absolute atomic E-state index is 12.6. The summed E-state index contributed by atoms with van der Waals surface area (Å²) in [6.45, 7) is 5.45. The van der Waals surface area contributed by atoms with Crippen LogP contribution in [0.4, 0.5) is 0 Å². The average molecular weight is 460 g/mol. The van der Waals surface area contributed by atoms with E-state index in [0.717, 1.165) is 0 Å². The van der Waals surface area contributed by atoms with Gasteiger partial charge in [-0.25, -0.2) is 4.79 Å². The van der Waals surface area contributed by atoms with Crippen LogP contribution in [0.15, 0.2) is 0 Å². The van der Waals surface area contributed by atoms with E-state index in [4.69, 9.17) is 16.6 Å². The summed E-state index contributed by atoms with van der Waals surface area (Å²) in [5.41, 5.74) is 11.2. The van der Waals surface area contributed by atoms with Gasteiger partial charge in [0.1, 0.15) is 18.1 Å². The maximum atomic E-state index is 12.6. The number of hydrogen-bond donors (Lipinski definition) is 7. The number of amides is 3. The number of unbranched alkanes of at least 4 members (excludes halogenated alkanes) is 1. The fourth-order valence-corrected chi connectivity index (χ4v) is 2.82. The highest BCUT2D eigenvalue weighted by atomic mass is 16.4. The largest absolute Gasteiger partial charge is 0.481 e. The van der Waals surface area contributed by atoms with E-state index in [0.29, 0.717) is 25.8 Å². The number of aliphatic carboxylic acids is 2. The number of nitrogens with one attached hydrogen (secondary N) is 3. The number of carboxylic acids is 2. The molecule has 0 aliphatic carbocycles. The molecule has 184 valence electrons. The van der Waals surface area contributed by atoms with E-state index >= 15 is 0 Å². The number of hydrogen-bond acceptors (Lipinski definition) is 7. The third kappa shape index (κ3) is 12.2. The van der Waals surface area contributed by atoms with Crippen molar-refractivity contribution in [3.8, 4) is 0 Å². The maximum Gasteiger partial charge on any atom is 0.326 e. The van der Waals surface area contributed by atoms with E-state index in [1.165, 1.54) is 6.92 Å². The molecule has 4 atom stereocenters. The molecule has 0 rings (SSSR count). The van der Waals surface area contributed by atoms with Gasteiger partial charge in [-0.2, -0.15) is 0 Å². The highest BCUT2D eigenvalue weighted by Gasteiger charge is 2.29. The molecule has 0 aliphatic rings. The van der Waals surface area contributed by atoms with Crippen molar-refractivity contribution in [2.24, 2.45) is 17.4 Å². The van der Waals surface area contributed by atoms with Gasteiger partial charge in [0, 0.05) is 6.42 Å². The first-order valence-corrected chi connectivity index (χ1v) is 10.7. The Kier molecular flexibility index (Phi) is 13.8. The van der Waals surface area contributed by atoms with Gasteiger partial charge in [-0.3, -0.25) is 19.2 Å². The van der Waals surface area contributed by atoms with Crippen LogP contribution in [-0.4, -0.2) is 70.6 Å². The van der Waals surface area contributed by atoms with E-state index in [1.807, 2.05) is 0 Å². The van der Waals surface area contributed by atoms with Crippen LogP contribution in [0.3, 0.4) is 0 Å². The molecule has 0 radical (unpaired) electrons. The van der Waals surface area contributed by atoms with Crippen LogP contribution in [0.5, 0.6) is 0 Å². The smallest absolute Gasteiger partial charge is 0.326 e. The Hall–Kier alpha value is -2.73. The number of rotatable bonds is 16. The Morgan fingerprint density at radius 1 is 0.812 bits per heavy atom. The van der Waals surface area contributed by atoms with E-state index in [1.54, 1.807) is 13.8 Å². The van der Waals surface area contributed by atoms with Gasteiger partial charge in [-0.15, -0.1) is 0 Å². The first-order chi connectivity index (χ1) is 14.9. The van der Waals surface area contributed by atoms with E-state index in [2.05, 4.69) is 16.0 Å². The molecule has 0 aromatic carbocycles. The average Bonchev–Trinajstić information content (AvgIpc) is 2.69. The summed E-state index contributed by atoms with van der Waals surface area (Å²) in [4.78, 5) is 59.6. The third-order valence-corrected chi connectivity index (χ3v) is 4.66. The lowest BCUT2D eigenvalue weighted by Gasteiger charge is -2.24. The zero-order valence-electron chi connectivity index (χ0n) is 18.9. The molecule has 0 saturated carbocycles. The molecule has 32 heavy (non-hydrogen) atoms. The number of nitrogens with two attached hydrogens (primary N) is 2. The molecule has 0 spiro atoms. The van der Waals surface area contributed by atoms with E-state index in [-0.39, 0.29) is 18.8 Å². The molecule has 4 unspecified atom stereocenters. The van der Waals surface area contributed by atoms with Gasteiger partial charge in [0.25, 0.3) is 0 Å². The summed E-state index contributed by atoms with van der Waals surface area (Å²) < 4.78 is 0. The lowest BCUT2D eigenvalue weighted by atomic mass is 10.0. The lowest BCUT2D eigenvalue weighted by Crippen LogP contribution is -2.56. The Morgan fingerprint density at radius 2 is 1.41 bits per heavy atom. The van der Waals surface area contributed by atoms with Crippen molar-refractivity contribution >= 4 is 29.7 Å². The van der Waals surface area contributed by atoms with Crippen molar-refractivity contribution in [2.45, 2.75) is 83.5 Å². The minimum absolute atomic E-state index is 0.0206. The van der Waals surface area contributed by atoms with E-state index in [9.17, 15) is 29.1 Å². The first-order valence-electron chi connectivity index (χ1n) is 10.7. The molecule has 0 aromatic heterocycles. The van der Waals surface area contributed by atoms with Crippen LogP contribution in [0.1, 0.15) is 59.3 Å². The van der Waals surface area contributed by atoms with Crippen molar-refractivity contribution in [1.82, 2.24) is 16.0 Å². The Morgan fingerprint density at radius 3 is 1.91 bits per heavy atom. The van der Waals surface area contributed by atoms with E-state index < -0.39 is 60.2 Å². The van der Waals surface area contributed by atoms with Crippen molar-refractivity contribution in [3.63, 3.8) is 0 Å². The van der Waals surface area contributed by atoms with Crippen LogP contribution in [0.2, 0.25) is 0 Å². The van der Waals surface area contributed by atoms with Crippen LogP contribution in [0, 0.1) is 5.92 Å². The summed E-state index contributed by atoms with van der Waals surface area (Å²) in [7, 11) is 0. The van der Waals surface area contributed by atoms with Gasteiger partial charge in [-0.1, -0.05) is 20.3 Å². The molecule has 0 aliphatic heterocycles. The second-order valence-electron chi connectivity index (χ2n) is 8.14. The Labute approximate surface area is 187 Å². The zero-order chi connectivity index (χ0) is 24.8. The summed E-state index contributed by atoms with van der Waals surface area (Å²) in [6.07, 6.45) is 1.26. The molecule has 12 heteroatoms. The normalized spacial score (nSPS) is 14.7. The monoisotopic (exact) mass is 459 g/mol. The van der Waals surface area contributed by atoms with Gasteiger partial charge in [-0.05, 0) is 45.1 Å². The molecule has 0 aromatic rings. The topological polar surface area (TPSA) is 214 Å². The van der Waals surface area contributed by atoms with Crippen molar-refractivity contribution in [2.75, 3.05) is 6.54 Å². The number of carboxylic acid groups (broad SMARTS) is 2. The van der Waals surface area contributed by atoms with Crippen LogP contribution >= 0.6 is 0 Å². The van der Waals surface area contributed by atoms with Crippen LogP contribution in [-0.2, 0) is 24.0 Å². The van der Waals surface area contributed by atoms with Gasteiger partial charge in [0.2, 0.25) is 17.7 Å². The second kappa shape index (κ2) is 15.1. The molecule has 12 nitrogen and oxygen atoms in total. The van der Waals surface area contributed by atoms with Crippen molar-refractivity contribution in [3.05, 3.63) is 0 Å². The predicted molar refractivity (Wildman–Crippen MR) is 116 cm³/mol. The van der Waals surface area contributed by atoms with Crippen LogP contribution in [0.25, 0.3) is 0 Å². The summed E-state index contributed by atoms with van der Waals surface area (Å²) in [5.74, 6) is -4.52. The van der Waals surface area contributed by atoms with Crippen molar-refractivity contribution < 1.29 is 34.2 Å². The van der Waals surface area contributed by atoms with Gasteiger partial charge in [0.15, 0.2) is 0 Å². The first kappa shape index (κ1) is 29.3. The number of carbonyl (C=O) groups excluding carboxylic acids is 3. The summed E-state index contributed by atoms with van der Waals surface area (Å²) in [6, 6.07) is -4.34. The lowest BCUT2D eigenvalue weighted by molar-refractivity contribution is -0.143. The Balaban J connectivity index is 5.09. The minimum Gasteiger partial charge on any atom is -0.481 e. The molecular formula is C20H37N5O7. The number of carbonyl (C=O) groups is 5. The highest BCUT2D eigenvalue weighted by Crippen LogP contribution is 2.07. The van der Waals surface area contributed by atoms with Crippen LogP contribution < -0.4 is 27.4 Å². The Bertz CT molecular complexity index is 656. The minimum atomic E-state index is -1.29. The fraction of sp³-hybridized carbons (Fsp3) is 0.750. The van der Waals surface area contributed by atoms with Crippen molar-refractivity contribution in [1.29, 1.82) is 0 Å². The molecular weight excluding hydrogens is 422 g/mol. The second-order valence-corrected chi connectivity index (χ2v) is 8.14. The van der Waals surface area contributed by atoms with Gasteiger partial charge in [0.05, 0.1) is 6.04 Å². The SMILES string of the molecule is CC(C)CC(NC(=O)C(CCC(=O)O)NC(=O)C(C)NC(=O)C(N)CCCCN)C(=O)O.